The molecular weight excluding hydrogens is 372 g/mol. The maximum Gasteiger partial charge on any atom is 0.262 e. The van der Waals surface area contributed by atoms with E-state index in [1.165, 1.54) is 6.08 Å². The van der Waals surface area contributed by atoms with Crippen molar-refractivity contribution in [2.45, 2.75) is 0 Å². The van der Waals surface area contributed by atoms with Crippen molar-refractivity contribution in [1.82, 2.24) is 15.1 Å². The average Bonchev–Trinajstić information content (AvgIpc) is 3.15. The molecule has 6 heteroatoms. The Balaban J connectivity index is 2.10. The lowest BCUT2D eigenvalue weighted by molar-refractivity contribution is -0.116. The Kier molecular flexibility index (Phi) is 6.05. The minimum absolute atomic E-state index is 0.00956. The second-order valence-corrected chi connectivity index (χ2v) is 6.33. The van der Waals surface area contributed by atoms with Crippen molar-refractivity contribution in [2.24, 2.45) is 0 Å². The van der Waals surface area contributed by atoms with Crippen LogP contribution in [-0.2, 0) is 4.79 Å². The molecule has 0 atom stereocenters. The van der Waals surface area contributed by atoms with Crippen LogP contribution in [0.25, 0.3) is 23.0 Å². The summed E-state index contributed by atoms with van der Waals surface area (Å²) >= 11 is 6.00. The highest BCUT2D eigenvalue weighted by Gasteiger charge is 2.14. The van der Waals surface area contributed by atoms with Gasteiger partial charge in [-0.2, -0.15) is 10.4 Å². The van der Waals surface area contributed by atoms with E-state index < -0.39 is 5.91 Å². The SMILES string of the molecule is C=CCNC(=O)/C(C#N)=C/c1cn(-c2ccccc2)nc1-c1ccc(Cl)cc1. The Morgan fingerprint density at radius 2 is 1.93 bits per heavy atom. The number of carbonyl (C=O) groups is 1. The van der Waals surface area contributed by atoms with Gasteiger partial charge in [0.1, 0.15) is 11.6 Å². The fraction of sp³-hybridized carbons (Fsp3) is 0.0455. The number of nitriles is 1. The number of rotatable bonds is 6. The van der Waals surface area contributed by atoms with Crippen LogP contribution in [0.2, 0.25) is 5.02 Å². The third-order valence-electron chi connectivity index (χ3n) is 3.95. The van der Waals surface area contributed by atoms with Crippen molar-refractivity contribution in [2.75, 3.05) is 6.54 Å². The highest BCUT2D eigenvalue weighted by Crippen LogP contribution is 2.27. The number of nitrogens with zero attached hydrogens (tertiary/aromatic N) is 3. The highest BCUT2D eigenvalue weighted by molar-refractivity contribution is 6.30. The fourth-order valence-electron chi connectivity index (χ4n) is 2.60. The molecule has 0 aliphatic heterocycles. The molecule has 28 heavy (non-hydrogen) atoms. The first kappa shape index (κ1) is 19.2. The van der Waals surface area contributed by atoms with E-state index in [0.29, 0.717) is 16.3 Å². The first-order chi connectivity index (χ1) is 13.6. The summed E-state index contributed by atoms with van der Waals surface area (Å²) < 4.78 is 1.71. The molecule has 0 aliphatic carbocycles. The molecule has 2 aromatic carbocycles. The zero-order valence-electron chi connectivity index (χ0n) is 15.0. The van der Waals surface area contributed by atoms with Gasteiger partial charge >= 0.3 is 0 Å². The first-order valence-corrected chi connectivity index (χ1v) is 8.92. The molecule has 0 saturated carbocycles. The van der Waals surface area contributed by atoms with Gasteiger partial charge in [0.05, 0.1) is 11.4 Å². The minimum Gasteiger partial charge on any atom is -0.348 e. The summed E-state index contributed by atoms with van der Waals surface area (Å²) in [6.07, 6.45) is 4.88. The van der Waals surface area contributed by atoms with Crippen LogP contribution >= 0.6 is 11.6 Å². The topological polar surface area (TPSA) is 70.7 Å². The van der Waals surface area contributed by atoms with Gasteiger partial charge in [-0.05, 0) is 30.3 Å². The molecular formula is C22H17ClN4O. The molecule has 3 aromatic rings. The van der Waals surface area contributed by atoms with Crippen molar-refractivity contribution in [1.29, 1.82) is 5.26 Å². The van der Waals surface area contributed by atoms with E-state index in [9.17, 15) is 10.1 Å². The van der Waals surface area contributed by atoms with Gasteiger partial charge in [0, 0.05) is 28.9 Å². The average molecular weight is 389 g/mol. The lowest BCUT2D eigenvalue weighted by Crippen LogP contribution is -2.24. The number of nitrogens with one attached hydrogen (secondary N) is 1. The molecule has 0 bridgehead atoms. The van der Waals surface area contributed by atoms with Gasteiger partial charge in [0.15, 0.2) is 0 Å². The molecule has 1 aromatic heterocycles. The van der Waals surface area contributed by atoms with E-state index >= 15 is 0 Å². The Morgan fingerprint density at radius 1 is 1.21 bits per heavy atom. The molecule has 5 nitrogen and oxygen atoms in total. The first-order valence-electron chi connectivity index (χ1n) is 8.54. The van der Waals surface area contributed by atoms with Gasteiger partial charge in [-0.25, -0.2) is 4.68 Å². The van der Waals surface area contributed by atoms with Crippen molar-refractivity contribution in [3.8, 4) is 23.0 Å². The third kappa shape index (κ3) is 4.37. The predicted octanol–water partition coefficient (Wildman–Crippen LogP) is 4.40. The van der Waals surface area contributed by atoms with Crippen molar-refractivity contribution in [3.05, 3.63) is 89.6 Å². The Morgan fingerprint density at radius 3 is 2.57 bits per heavy atom. The predicted molar refractivity (Wildman–Crippen MR) is 111 cm³/mol. The van der Waals surface area contributed by atoms with E-state index in [-0.39, 0.29) is 12.1 Å². The van der Waals surface area contributed by atoms with Gasteiger partial charge in [0.2, 0.25) is 0 Å². The Hall–Kier alpha value is -3.62. The zero-order chi connectivity index (χ0) is 19.9. The molecule has 1 heterocycles. The molecule has 0 radical (unpaired) electrons. The van der Waals surface area contributed by atoms with Crippen LogP contribution in [-0.4, -0.2) is 22.2 Å². The summed E-state index contributed by atoms with van der Waals surface area (Å²) in [5.74, 6) is -0.461. The van der Waals surface area contributed by atoms with E-state index in [1.807, 2.05) is 48.5 Å². The van der Waals surface area contributed by atoms with E-state index in [2.05, 4.69) is 17.0 Å². The second kappa shape index (κ2) is 8.85. The van der Waals surface area contributed by atoms with Gasteiger partial charge in [-0.1, -0.05) is 48.0 Å². The molecule has 0 unspecified atom stereocenters. The number of para-hydroxylation sites is 1. The van der Waals surface area contributed by atoms with Gasteiger partial charge in [-0.3, -0.25) is 4.79 Å². The maximum atomic E-state index is 12.2. The third-order valence-corrected chi connectivity index (χ3v) is 4.20. The van der Waals surface area contributed by atoms with Crippen LogP contribution in [0.3, 0.4) is 0 Å². The lowest BCUT2D eigenvalue weighted by atomic mass is 10.1. The Bertz CT molecular complexity index is 1060. The Labute approximate surface area is 168 Å². The van der Waals surface area contributed by atoms with Crippen LogP contribution < -0.4 is 5.32 Å². The summed E-state index contributed by atoms with van der Waals surface area (Å²) in [6, 6.07) is 18.8. The molecule has 0 fully saturated rings. The molecule has 1 amide bonds. The van der Waals surface area contributed by atoms with Crippen molar-refractivity contribution >= 4 is 23.6 Å². The van der Waals surface area contributed by atoms with E-state index in [4.69, 9.17) is 11.6 Å². The normalized spacial score (nSPS) is 10.9. The summed E-state index contributed by atoms with van der Waals surface area (Å²) in [5.41, 5.74) is 2.98. The number of hydrogen-bond acceptors (Lipinski definition) is 3. The molecule has 0 spiro atoms. The van der Waals surface area contributed by atoms with Crippen LogP contribution in [0.15, 0.2) is 79.0 Å². The number of aromatic nitrogens is 2. The summed E-state index contributed by atoms with van der Waals surface area (Å²) in [7, 11) is 0. The summed E-state index contributed by atoms with van der Waals surface area (Å²) in [4.78, 5) is 12.2. The molecule has 138 valence electrons. The monoisotopic (exact) mass is 388 g/mol. The molecule has 0 aliphatic rings. The van der Waals surface area contributed by atoms with Crippen molar-refractivity contribution < 1.29 is 4.79 Å². The van der Waals surface area contributed by atoms with Crippen LogP contribution in [0, 0.1) is 11.3 Å². The molecule has 1 N–H and O–H groups in total. The number of carbonyl (C=O) groups excluding carboxylic acids is 1. The standard InChI is InChI=1S/C22H17ClN4O/c1-2-12-25-22(28)17(14-24)13-18-15-27(20-6-4-3-5-7-20)26-21(18)16-8-10-19(23)11-9-16/h2-11,13,15H,1,12H2,(H,25,28)/b17-13+. The molecule has 3 rings (SSSR count). The summed E-state index contributed by atoms with van der Waals surface area (Å²) in [5, 5.41) is 17.3. The van der Waals surface area contributed by atoms with Crippen molar-refractivity contribution in [3.63, 3.8) is 0 Å². The minimum atomic E-state index is -0.461. The van der Waals surface area contributed by atoms with E-state index in [0.717, 1.165) is 11.3 Å². The van der Waals surface area contributed by atoms with Gasteiger partial charge in [-0.15, -0.1) is 6.58 Å². The zero-order valence-corrected chi connectivity index (χ0v) is 15.7. The number of amides is 1. The second-order valence-electron chi connectivity index (χ2n) is 5.89. The smallest absolute Gasteiger partial charge is 0.262 e. The highest BCUT2D eigenvalue weighted by atomic mass is 35.5. The quantitative estimate of drug-likeness (QED) is 0.386. The van der Waals surface area contributed by atoms with Crippen LogP contribution in [0.4, 0.5) is 0 Å². The number of halogens is 1. The largest absolute Gasteiger partial charge is 0.348 e. The summed E-state index contributed by atoms with van der Waals surface area (Å²) in [6.45, 7) is 3.84. The fourth-order valence-corrected chi connectivity index (χ4v) is 2.73. The maximum absolute atomic E-state index is 12.2. The van der Waals surface area contributed by atoms with Gasteiger partial charge in [0.25, 0.3) is 5.91 Å². The number of benzene rings is 2. The van der Waals surface area contributed by atoms with Crippen LogP contribution in [0.5, 0.6) is 0 Å². The lowest BCUT2D eigenvalue weighted by Gasteiger charge is -2.02. The van der Waals surface area contributed by atoms with Gasteiger partial charge < -0.3 is 5.32 Å². The van der Waals surface area contributed by atoms with E-state index in [1.54, 1.807) is 29.1 Å². The number of hydrogen-bond donors (Lipinski definition) is 1. The van der Waals surface area contributed by atoms with Crippen LogP contribution in [0.1, 0.15) is 5.56 Å². The molecule has 0 saturated heterocycles.